The van der Waals surface area contributed by atoms with E-state index in [0.717, 1.165) is 29.8 Å². The quantitative estimate of drug-likeness (QED) is 0.484. The minimum absolute atomic E-state index is 0.407. The summed E-state index contributed by atoms with van der Waals surface area (Å²) in [6.07, 6.45) is 7.19. The van der Waals surface area contributed by atoms with Crippen molar-refractivity contribution in [3.8, 4) is 5.75 Å². The van der Waals surface area contributed by atoms with Crippen molar-refractivity contribution in [3.63, 3.8) is 0 Å². The molecule has 0 unspecified atom stereocenters. The summed E-state index contributed by atoms with van der Waals surface area (Å²) in [5.41, 5.74) is 3.13. The van der Waals surface area contributed by atoms with Crippen molar-refractivity contribution in [2.75, 3.05) is 5.32 Å². The molecule has 2 nitrogen and oxygen atoms in total. The molecule has 0 saturated heterocycles. The van der Waals surface area contributed by atoms with Gasteiger partial charge in [-0.2, -0.15) is 0 Å². The first-order valence-corrected chi connectivity index (χ1v) is 7.93. The maximum absolute atomic E-state index is 9.98. The van der Waals surface area contributed by atoms with Gasteiger partial charge in [-0.05, 0) is 48.7 Å². The van der Waals surface area contributed by atoms with Crippen LogP contribution < -0.4 is 5.32 Å². The van der Waals surface area contributed by atoms with Gasteiger partial charge in [0.15, 0.2) is 0 Å². The predicted molar refractivity (Wildman–Crippen MR) is 90.3 cm³/mol. The normalized spacial score (nSPS) is 10.5. The predicted octanol–water partition coefficient (Wildman–Crippen LogP) is 5.65. The monoisotopic (exact) mass is 283 g/mol. The number of phenols is 1. The maximum Gasteiger partial charge on any atom is 0.118 e. The molecule has 0 aliphatic heterocycles. The number of hydrogen-bond donors (Lipinski definition) is 2. The molecule has 0 radical (unpaired) electrons. The number of aryl methyl sites for hydroxylation is 1. The molecule has 0 spiro atoms. The molecular formula is C19H25NO. The molecule has 2 rings (SSSR count). The van der Waals surface area contributed by atoms with E-state index in [9.17, 15) is 5.11 Å². The topological polar surface area (TPSA) is 32.3 Å². The first-order chi connectivity index (χ1) is 10.3. The van der Waals surface area contributed by atoms with E-state index in [1.165, 1.54) is 25.7 Å². The molecule has 0 aromatic heterocycles. The number of para-hydroxylation sites is 1. The van der Waals surface area contributed by atoms with Gasteiger partial charge in [-0.3, -0.25) is 0 Å². The Morgan fingerprint density at radius 3 is 2.38 bits per heavy atom. The van der Waals surface area contributed by atoms with E-state index in [0.29, 0.717) is 5.75 Å². The van der Waals surface area contributed by atoms with Crippen LogP contribution in [0.2, 0.25) is 0 Å². The highest BCUT2D eigenvalue weighted by Gasteiger charge is 2.03. The van der Waals surface area contributed by atoms with E-state index in [1.807, 2.05) is 36.4 Å². The Bertz CT molecular complexity index is 537. The number of anilines is 2. The van der Waals surface area contributed by atoms with Crippen LogP contribution in [0.4, 0.5) is 11.4 Å². The Morgan fingerprint density at radius 1 is 0.857 bits per heavy atom. The molecule has 0 aliphatic rings. The number of unbranched alkanes of at least 4 members (excludes halogenated alkanes) is 4. The Morgan fingerprint density at radius 2 is 1.62 bits per heavy atom. The Labute approximate surface area is 127 Å². The molecule has 0 bridgehead atoms. The Kier molecular flexibility index (Phi) is 6.14. The van der Waals surface area contributed by atoms with E-state index in [1.54, 1.807) is 6.07 Å². The van der Waals surface area contributed by atoms with Crippen LogP contribution in [0.5, 0.6) is 5.75 Å². The average Bonchev–Trinajstić information content (AvgIpc) is 2.51. The van der Waals surface area contributed by atoms with Crippen LogP contribution in [0, 0.1) is 0 Å². The van der Waals surface area contributed by atoms with E-state index < -0.39 is 0 Å². The molecule has 2 heteroatoms. The summed E-state index contributed by atoms with van der Waals surface area (Å²) in [5, 5.41) is 13.3. The molecule has 2 aromatic rings. The van der Waals surface area contributed by atoms with Crippen molar-refractivity contribution in [1.29, 1.82) is 0 Å². The number of nitrogens with one attached hydrogen (secondary N) is 1. The second kappa shape index (κ2) is 8.35. The molecule has 0 heterocycles. The smallest absolute Gasteiger partial charge is 0.118 e. The molecular weight excluding hydrogens is 258 g/mol. The van der Waals surface area contributed by atoms with E-state index in [2.05, 4.69) is 18.3 Å². The lowest BCUT2D eigenvalue weighted by Gasteiger charge is -2.10. The second-order valence-corrected chi connectivity index (χ2v) is 5.50. The van der Waals surface area contributed by atoms with Crippen molar-refractivity contribution < 1.29 is 5.11 Å². The summed E-state index contributed by atoms with van der Waals surface area (Å²) in [5.74, 6) is 0.407. The number of aromatic hydroxyl groups is 1. The number of phenolic OH excluding ortho intramolecular Hbond substituents is 1. The van der Waals surface area contributed by atoms with Crippen LogP contribution in [0.1, 0.15) is 44.6 Å². The number of benzene rings is 2. The van der Waals surface area contributed by atoms with Gasteiger partial charge in [-0.1, -0.05) is 50.8 Å². The van der Waals surface area contributed by atoms with Crippen LogP contribution in [0.3, 0.4) is 0 Å². The zero-order chi connectivity index (χ0) is 14.9. The van der Waals surface area contributed by atoms with Gasteiger partial charge in [0.25, 0.3) is 0 Å². The third-order valence-corrected chi connectivity index (χ3v) is 3.69. The van der Waals surface area contributed by atoms with Crippen LogP contribution in [-0.4, -0.2) is 5.11 Å². The summed E-state index contributed by atoms with van der Waals surface area (Å²) >= 11 is 0. The minimum atomic E-state index is 0.407. The van der Waals surface area contributed by atoms with Crippen LogP contribution in [-0.2, 0) is 6.42 Å². The largest absolute Gasteiger partial charge is 0.508 e. The van der Waals surface area contributed by atoms with Crippen molar-refractivity contribution in [3.05, 3.63) is 54.1 Å². The third kappa shape index (κ3) is 5.14. The summed E-state index contributed by atoms with van der Waals surface area (Å²) in [7, 11) is 0. The second-order valence-electron chi connectivity index (χ2n) is 5.50. The van der Waals surface area contributed by atoms with Crippen LogP contribution in [0.15, 0.2) is 48.5 Å². The Balaban J connectivity index is 1.93. The molecule has 0 aliphatic carbocycles. The number of rotatable bonds is 8. The van der Waals surface area contributed by atoms with Crippen LogP contribution >= 0.6 is 0 Å². The van der Waals surface area contributed by atoms with Gasteiger partial charge in [0.2, 0.25) is 0 Å². The van der Waals surface area contributed by atoms with Gasteiger partial charge in [-0.15, -0.1) is 0 Å². The fourth-order valence-corrected chi connectivity index (χ4v) is 2.47. The molecule has 0 atom stereocenters. The first kappa shape index (κ1) is 15.4. The SMILES string of the molecule is CCCCCCCc1cc(Nc2ccccc2)ccc1O. The molecule has 0 amide bonds. The van der Waals surface area contributed by atoms with Crippen molar-refractivity contribution >= 4 is 11.4 Å². The minimum Gasteiger partial charge on any atom is -0.508 e. The third-order valence-electron chi connectivity index (χ3n) is 3.69. The van der Waals surface area contributed by atoms with Crippen LogP contribution in [0.25, 0.3) is 0 Å². The van der Waals surface area contributed by atoms with Gasteiger partial charge in [0.05, 0.1) is 0 Å². The van der Waals surface area contributed by atoms with Crippen molar-refractivity contribution in [1.82, 2.24) is 0 Å². The van der Waals surface area contributed by atoms with Crippen molar-refractivity contribution in [2.24, 2.45) is 0 Å². The lowest BCUT2D eigenvalue weighted by Crippen LogP contribution is -1.93. The highest BCUT2D eigenvalue weighted by atomic mass is 16.3. The number of hydrogen-bond acceptors (Lipinski definition) is 2. The Hall–Kier alpha value is -1.96. The molecule has 2 aromatic carbocycles. The van der Waals surface area contributed by atoms with Gasteiger partial charge < -0.3 is 10.4 Å². The van der Waals surface area contributed by atoms with E-state index >= 15 is 0 Å². The highest BCUT2D eigenvalue weighted by Crippen LogP contribution is 2.25. The van der Waals surface area contributed by atoms with E-state index in [-0.39, 0.29) is 0 Å². The van der Waals surface area contributed by atoms with Gasteiger partial charge in [-0.25, -0.2) is 0 Å². The van der Waals surface area contributed by atoms with Gasteiger partial charge in [0, 0.05) is 11.4 Å². The summed E-state index contributed by atoms with van der Waals surface area (Å²) in [4.78, 5) is 0. The molecule has 21 heavy (non-hydrogen) atoms. The van der Waals surface area contributed by atoms with Gasteiger partial charge in [0.1, 0.15) is 5.75 Å². The first-order valence-electron chi connectivity index (χ1n) is 7.93. The van der Waals surface area contributed by atoms with E-state index in [4.69, 9.17) is 0 Å². The summed E-state index contributed by atoms with van der Waals surface area (Å²) in [6.45, 7) is 2.23. The lowest BCUT2D eigenvalue weighted by atomic mass is 10.0. The highest BCUT2D eigenvalue weighted by molar-refractivity contribution is 5.61. The summed E-state index contributed by atoms with van der Waals surface area (Å²) in [6, 6.07) is 15.9. The molecule has 2 N–H and O–H groups in total. The average molecular weight is 283 g/mol. The fraction of sp³-hybridized carbons (Fsp3) is 0.368. The lowest BCUT2D eigenvalue weighted by molar-refractivity contribution is 0.466. The summed E-state index contributed by atoms with van der Waals surface area (Å²) < 4.78 is 0. The molecule has 112 valence electrons. The van der Waals surface area contributed by atoms with Gasteiger partial charge >= 0.3 is 0 Å². The maximum atomic E-state index is 9.98. The zero-order valence-electron chi connectivity index (χ0n) is 12.8. The van der Waals surface area contributed by atoms with Crippen molar-refractivity contribution in [2.45, 2.75) is 45.4 Å². The fourth-order valence-electron chi connectivity index (χ4n) is 2.47. The zero-order valence-corrected chi connectivity index (χ0v) is 12.8. The standard InChI is InChI=1S/C19H25NO/c1-2-3-4-5-7-10-16-15-18(13-14-19(16)21)20-17-11-8-6-9-12-17/h6,8-9,11-15,20-21H,2-5,7,10H2,1H3. The molecule has 0 saturated carbocycles. The molecule has 0 fully saturated rings.